The molecule has 0 aliphatic heterocycles. The molecular formula is C17H13ClO2. The van der Waals surface area contributed by atoms with E-state index in [-0.39, 0.29) is 6.61 Å². The summed E-state index contributed by atoms with van der Waals surface area (Å²) in [5, 5.41) is 12.1. The number of ether oxygens (including phenoxy) is 1. The molecule has 0 atom stereocenters. The van der Waals surface area contributed by atoms with Gasteiger partial charge in [-0.15, -0.1) is 0 Å². The number of rotatable bonds is 3. The Hall–Kier alpha value is -2.03. The van der Waals surface area contributed by atoms with Crippen LogP contribution in [0.5, 0.6) is 11.5 Å². The Labute approximate surface area is 122 Å². The zero-order chi connectivity index (χ0) is 13.9. The summed E-state index contributed by atoms with van der Waals surface area (Å²) in [5.74, 6) is 1.38. The summed E-state index contributed by atoms with van der Waals surface area (Å²) in [7, 11) is 0. The molecule has 0 saturated carbocycles. The third-order valence-electron chi connectivity index (χ3n) is 3.16. The third-order valence-corrected chi connectivity index (χ3v) is 3.40. The number of benzene rings is 3. The van der Waals surface area contributed by atoms with Gasteiger partial charge in [-0.25, -0.2) is 0 Å². The summed E-state index contributed by atoms with van der Waals surface area (Å²) in [6.45, 7) is -0.110. The normalized spacial score (nSPS) is 10.7. The van der Waals surface area contributed by atoms with E-state index >= 15 is 0 Å². The van der Waals surface area contributed by atoms with Crippen LogP contribution in [-0.4, -0.2) is 5.11 Å². The Morgan fingerprint density at radius 2 is 1.70 bits per heavy atom. The van der Waals surface area contributed by atoms with Crippen molar-refractivity contribution in [1.29, 1.82) is 0 Å². The molecule has 0 aliphatic rings. The smallest absolute Gasteiger partial charge is 0.135 e. The molecule has 3 aromatic rings. The van der Waals surface area contributed by atoms with Gasteiger partial charge in [0.15, 0.2) is 0 Å². The highest BCUT2D eigenvalue weighted by atomic mass is 35.5. The Balaban J connectivity index is 2.05. The Morgan fingerprint density at radius 3 is 2.55 bits per heavy atom. The van der Waals surface area contributed by atoms with Crippen molar-refractivity contribution in [2.75, 3.05) is 0 Å². The number of fused-ring (bicyclic) bond motifs is 1. The standard InChI is InChI=1S/C17H13ClO2/c18-14-8-9-16(13(10-14)11-19)20-17-7-3-5-12-4-1-2-6-15(12)17/h1-10,19H,11H2. The molecule has 2 nitrogen and oxygen atoms in total. The van der Waals surface area contributed by atoms with Crippen LogP contribution in [0.25, 0.3) is 10.8 Å². The van der Waals surface area contributed by atoms with Crippen LogP contribution in [0.3, 0.4) is 0 Å². The molecule has 0 heterocycles. The molecule has 3 aromatic carbocycles. The van der Waals surface area contributed by atoms with E-state index in [9.17, 15) is 5.11 Å². The molecule has 3 rings (SSSR count). The van der Waals surface area contributed by atoms with Gasteiger partial charge in [-0.2, -0.15) is 0 Å². The van der Waals surface area contributed by atoms with Crippen LogP contribution < -0.4 is 4.74 Å². The first-order chi connectivity index (χ1) is 9.78. The maximum Gasteiger partial charge on any atom is 0.135 e. The van der Waals surface area contributed by atoms with Gasteiger partial charge in [0, 0.05) is 16.0 Å². The van der Waals surface area contributed by atoms with Crippen molar-refractivity contribution in [2.24, 2.45) is 0 Å². The lowest BCUT2D eigenvalue weighted by atomic mass is 10.1. The molecule has 0 aromatic heterocycles. The predicted octanol–water partition coefficient (Wildman–Crippen LogP) is 4.78. The van der Waals surface area contributed by atoms with Crippen molar-refractivity contribution < 1.29 is 9.84 Å². The van der Waals surface area contributed by atoms with E-state index in [1.54, 1.807) is 18.2 Å². The van der Waals surface area contributed by atoms with Crippen LogP contribution in [-0.2, 0) is 6.61 Å². The summed E-state index contributed by atoms with van der Waals surface area (Å²) < 4.78 is 5.95. The van der Waals surface area contributed by atoms with Gasteiger partial charge in [0.05, 0.1) is 6.61 Å². The minimum absolute atomic E-state index is 0.110. The first kappa shape index (κ1) is 13.0. The van der Waals surface area contributed by atoms with E-state index in [0.717, 1.165) is 16.5 Å². The van der Waals surface area contributed by atoms with Crippen molar-refractivity contribution in [1.82, 2.24) is 0 Å². The first-order valence-corrected chi connectivity index (χ1v) is 6.70. The average molecular weight is 285 g/mol. The molecule has 1 N–H and O–H groups in total. The monoisotopic (exact) mass is 284 g/mol. The SMILES string of the molecule is OCc1cc(Cl)ccc1Oc1cccc2ccccc12. The van der Waals surface area contributed by atoms with Gasteiger partial charge in [0.2, 0.25) is 0 Å². The zero-order valence-corrected chi connectivity index (χ0v) is 11.5. The highest BCUT2D eigenvalue weighted by Crippen LogP contribution is 2.32. The van der Waals surface area contributed by atoms with Crippen LogP contribution in [0.15, 0.2) is 60.7 Å². The molecule has 100 valence electrons. The summed E-state index contributed by atoms with van der Waals surface area (Å²) >= 11 is 5.93. The number of aliphatic hydroxyl groups excluding tert-OH is 1. The maximum atomic E-state index is 9.40. The second kappa shape index (κ2) is 5.53. The van der Waals surface area contributed by atoms with Gasteiger partial charge in [0.25, 0.3) is 0 Å². The Bertz CT molecular complexity index is 748. The van der Waals surface area contributed by atoms with Crippen LogP contribution in [0.4, 0.5) is 0 Å². The molecule has 0 aliphatic carbocycles. The van der Waals surface area contributed by atoms with Gasteiger partial charge in [-0.05, 0) is 29.7 Å². The lowest BCUT2D eigenvalue weighted by Gasteiger charge is -2.12. The van der Waals surface area contributed by atoms with E-state index in [0.29, 0.717) is 16.3 Å². The van der Waals surface area contributed by atoms with E-state index in [1.165, 1.54) is 0 Å². The summed E-state index contributed by atoms with van der Waals surface area (Å²) in [4.78, 5) is 0. The van der Waals surface area contributed by atoms with Crippen LogP contribution >= 0.6 is 11.6 Å². The van der Waals surface area contributed by atoms with Gasteiger partial charge in [-0.1, -0.05) is 48.0 Å². The molecule has 0 saturated heterocycles. The lowest BCUT2D eigenvalue weighted by molar-refractivity contribution is 0.276. The van der Waals surface area contributed by atoms with Crippen molar-refractivity contribution in [2.45, 2.75) is 6.61 Å². The topological polar surface area (TPSA) is 29.5 Å². The maximum absolute atomic E-state index is 9.40. The molecule has 20 heavy (non-hydrogen) atoms. The van der Waals surface area contributed by atoms with Crippen LogP contribution in [0, 0.1) is 0 Å². The Morgan fingerprint density at radius 1 is 0.900 bits per heavy atom. The average Bonchev–Trinajstić information content (AvgIpc) is 2.49. The predicted molar refractivity (Wildman–Crippen MR) is 81.4 cm³/mol. The first-order valence-electron chi connectivity index (χ1n) is 6.33. The van der Waals surface area contributed by atoms with Gasteiger partial charge >= 0.3 is 0 Å². The minimum Gasteiger partial charge on any atom is -0.456 e. The van der Waals surface area contributed by atoms with Crippen LogP contribution in [0.2, 0.25) is 5.02 Å². The molecule has 0 unspecified atom stereocenters. The number of aliphatic hydroxyl groups is 1. The van der Waals surface area contributed by atoms with Crippen molar-refractivity contribution in [3.05, 3.63) is 71.2 Å². The van der Waals surface area contributed by atoms with Gasteiger partial charge in [0.1, 0.15) is 11.5 Å². The molecule has 0 spiro atoms. The van der Waals surface area contributed by atoms with Gasteiger partial charge < -0.3 is 9.84 Å². The second-order valence-electron chi connectivity index (χ2n) is 4.49. The summed E-state index contributed by atoms with van der Waals surface area (Å²) in [6.07, 6.45) is 0. The molecular weight excluding hydrogens is 272 g/mol. The molecule has 3 heteroatoms. The fraction of sp³-hybridized carbons (Fsp3) is 0.0588. The summed E-state index contributed by atoms with van der Waals surface area (Å²) in [5.41, 5.74) is 0.672. The van der Waals surface area contributed by atoms with Crippen molar-refractivity contribution in [3.63, 3.8) is 0 Å². The van der Waals surface area contributed by atoms with Crippen LogP contribution in [0.1, 0.15) is 5.56 Å². The third kappa shape index (κ3) is 2.48. The van der Waals surface area contributed by atoms with Gasteiger partial charge in [-0.3, -0.25) is 0 Å². The zero-order valence-electron chi connectivity index (χ0n) is 10.7. The number of hydrogen-bond acceptors (Lipinski definition) is 2. The number of hydrogen-bond donors (Lipinski definition) is 1. The number of halogens is 1. The fourth-order valence-electron chi connectivity index (χ4n) is 2.17. The fourth-order valence-corrected chi connectivity index (χ4v) is 2.37. The minimum atomic E-state index is -0.110. The van der Waals surface area contributed by atoms with Crippen molar-refractivity contribution in [3.8, 4) is 11.5 Å². The van der Waals surface area contributed by atoms with E-state index in [1.807, 2.05) is 42.5 Å². The molecule has 0 bridgehead atoms. The van der Waals surface area contributed by atoms with E-state index in [2.05, 4.69) is 0 Å². The van der Waals surface area contributed by atoms with E-state index < -0.39 is 0 Å². The largest absolute Gasteiger partial charge is 0.456 e. The van der Waals surface area contributed by atoms with Crippen molar-refractivity contribution >= 4 is 22.4 Å². The quantitative estimate of drug-likeness (QED) is 0.750. The second-order valence-corrected chi connectivity index (χ2v) is 4.93. The molecule has 0 amide bonds. The highest BCUT2D eigenvalue weighted by Gasteiger charge is 2.07. The molecule has 0 radical (unpaired) electrons. The highest BCUT2D eigenvalue weighted by molar-refractivity contribution is 6.30. The summed E-state index contributed by atoms with van der Waals surface area (Å²) in [6, 6.07) is 19.2. The lowest BCUT2D eigenvalue weighted by Crippen LogP contribution is -1.92. The van der Waals surface area contributed by atoms with E-state index in [4.69, 9.17) is 16.3 Å². The molecule has 0 fully saturated rings. The Kier molecular flexibility index (Phi) is 3.59.